The number of carbonyl (C=O) groups excluding carboxylic acids is 1. The van der Waals surface area contributed by atoms with Gasteiger partial charge in [-0.25, -0.2) is 33.9 Å². The van der Waals surface area contributed by atoms with Gasteiger partial charge in [0.15, 0.2) is 5.78 Å². The molecule has 0 unspecified atom stereocenters. The molecule has 10 aromatic heterocycles. The third-order valence-electron chi connectivity index (χ3n) is 21.0. The number of carboxylic acid groups (broad SMARTS) is 2. The van der Waals surface area contributed by atoms with Crippen molar-refractivity contribution in [2.45, 2.75) is 121 Å². The zero-order valence-corrected chi connectivity index (χ0v) is 93.9. The number of benzene rings is 6. The normalized spacial score (nSPS) is 10.6. The zero-order chi connectivity index (χ0) is 99.9. The molecule has 3 N–H and O–H groups in total. The van der Waals surface area contributed by atoms with Gasteiger partial charge in [-0.05, 0) is 183 Å². The average Bonchev–Trinajstić information content (AvgIpc) is 1.62. The number of aryl methyl sites for hydroxylation is 4. The van der Waals surface area contributed by atoms with Crippen LogP contribution in [0.25, 0.3) is 112 Å². The molecule has 6 aromatic carbocycles. The topological polar surface area (TPSA) is 256 Å². The summed E-state index contributed by atoms with van der Waals surface area (Å²) in [6.07, 6.45) is 19.8. The predicted octanol–water partition coefficient (Wildman–Crippen LogP) is 27.4. The number of ketones is 1. The van der Waals surface area contributed by atoms with Gasteiger partial charge in [0, 0.05) is 193 Å². The molecule has 0 saturated carbocycles. The minimum atomic E-state index is -0.990. The van der Waals surface area contributed by atoms with Crippen molar-refractivity contribution in [1.82, 2.24) is 54.8 Å². The van der Waals surface area contributed by atoms with Crippen LogP contribution in [0, 0.1) is 76.9 Å². The van der Waals surface area contributed by atoms with Crippen molar-refractivity contribution in [3.8, 4) is 67.4 Å². The van der Waals surface area contributed by atoms with E-state index in [1.54, 1.807) is 122 Å². The fourth-order valence-electron chi connectivity index (χ4n) is 14.8. The standard InChI is InChI=1S/C36H44N4.C17H10F2N.3C11H6F2N.C11H8N.2C6H5NO2.C5H8O2.3Ir.3Pt/c1-9-21-22(10-2)30-18-32-25(13-5)26(14-6)34(39-32)20-36-28(16-8)27(15-7)35(40-36)19-33-24(12-4)23(11-3)31(38-33)17-29(21)37-30;18-13-6-4-12(5-7-13)16-11-14(19)8-9-15(16)17-3-1-2-10-20-17;3*12-8-4-5-9(10(13)7-8)11-3-1-2-6-14-11;1-2-6-10(7-3-1)11-8-4-5-9-12-11;2*8-6(9)5-3-1-2-4-7-5;1-4(6)3-5(2)7;;;;;;/h17-20H,9-16H2,1-8H3;1-8,10-11H;3*1-4,6-7H;1-6,8-9H;2*1-4H,(H,8,9);3,6H,1-2H3;;;;;;/q-2;5*-1;;;;;;;;;+2. The molecule has 3 radical (unpaired) electrons. The summed E-state index contributed by atoms with van der Waals surface area (Å²) in [4.78, 5) is 78.8. The molecule has 12 heterocycles. The number of hydrogen-bond donors (Lipinski definition) is 3. The summed E-state index contributed by atoms with van der Waals surface area (Å²) >= 11 is 0. The summed E-state index contributed by atoms with van der Waals surface area (Å²) in [5.74, 6) is -6.61. The Morgan fingerprint density at radius 1 is 0.317 bits per heavy atom. The molecule has 2 aliphatic heterocycles. The molecule has 2 aliphatic rings. The van der Waals surface area contributed by atoms with Gasteiger partial charge in [-0.2, -0.15) is 0 Å². The minimum Gasteiger partial charge on any atom is -0.657 e. The van der Waals surface area contributed by atoms with Gasteiger partial charge in [-0.15, -0.1) is 118 Å². The molecular formula is C114H98F8Ir3N11O6Pt3-5. The van der Waals surface area contributed by atoms with Gasteiger partial charge in [0.2, 0.25) is 0 Å². The first-order valence-electron chi connectivity index (χ1n) is 44.6. The number of hydrogen-bond acceptors (Lipinski definition) is 13. The second kappa shape index (κ2) is 64.4. The smallest absolute Gasteiger partial charge is 0.657 e. The van der Waals surface area contributed by atoms with Crippen LogP contribution in [0.15, 0.2) is 304 Å². The van der Waals surface area contributed by atoms with Gasteiger partial charge >= 0.3 is 33.0 Å². The van der Waals surface area contributed by atoms with E-state index in [4.69, 9.17) is 35.3 Å². The maximum Gasteiger partial charge on any atom is 2.00 e. The van der Waals surface area contributed by atoms with E-state index in [-0.39, 0.29) is 175 Å². The van der Waals surface area contributed by atoms with Crippen LogP contribution < -0.4 is 9.97 Å². The molecule has 763 valence electrons. The first-order chi connectivity index (χ1) is 67.2. The van der Waals surface area contributed by atoms with Gasteiger partial charge < -0.3 is 50.2 Å². The summed E-state index contributed by atoms with van der Waals surface area (Å²) in [7, 11) is 0. The Morgan fingerprint density at radius 3 is 0.834 bits per heavy atom. The van der Waals surface area contributed by atoms with Gasteiger partial charge in [-0.3, -0.25) is 35.5 Å². The van der Waals surface area contributed by atoms with Gasteiger partial charge in [0.05, 0.1) is 28.5 Å². The number of carbonyl (C=O) groups is 3. The summed E-state index contributed by atoms with van der Waals surface area (Å²) in [6, 6.07) is 80.9. The van der Waals surface area contributed by atoms with Crippen molar-refractivity contribution in [3.63, 3.8) is 0 Å². The Labute approximate surface area is 922 Å². The largest absolute Gasteiger partial charge is 2.00 e. The number of aromatic nitrogens is 11. The van der Waals surface area contributed by atoms with Crippen LogP contribution >= 0.6 is 0 Å². The number of carboxylic acids is 2. The molecule has 0 fully saturated rings. The molecular weight excluding hydrogens is 2930 g/mol. The molecule has 31 heteroatoms. The molecule has 17 nitrogen and oxygen atoms in total. The van der Waals surface area contributed by atoms with Crippen LogP contribution in [0.3, 0.4) is 0 Å². The first kappa shape index (κ1) is 125. The van der Waals surface area contributed by atoms with Crippen LogP contribution in [-0.2, 0) is 154 Å². The van der Waals surface area contributed by atoms with Crippen molar-refractivity contribution >= 4 is 62.1 Å². The second-order valence-corrected chi connectivity index (χ2v) is 30.3. The number of rotatable bonds is 17. The van der Waals surface area contributed by atoms with Crippen molar-refractivity contribution in [2.75, 3.05) is 0 Å². The van der Waals surface area contributed by atoms with E-state index in [0.717, 1.165) is 149 Å². The maximum atomic E-state index is 13.5. The van der Waals surface area contributed by atoms with E-state index in [0.29, 0.717) is 33.9 Å². The number of allylic oxidation sites excluding steroid dienone is 6. The van der Waals surface area contributed by atoms with E-state index >= 15 is 0 Å². The zero-order valence-electron chi connectivity index (χ0n) is 79.9. The Morgan fingerprint density at radius 2 is 0.600 bits per heavy atom. The van der Waals surface area contributed by atoms with Gasteiger partial charge in [0.25, 0.3) is 0 Å². The maximum absolute atomic E-state index is 13.5. The van der Waals surface area contributed by atoms with Gasteiger partial charge in [-0.1, -0.05) is 233 Å². The van der Waals surface area contributed by atoms with Gasteiger partial charge in [0.1, 0.15) is 17.2 Å². The van der Waals surface area contributed by atoms with E-state index in [2.05, 4.69) is 145 Å². The van der Waals surface area contributed by atoms with Crippen LogP contribution in [0.5, 0.6) is 0 Å². The average molecular weight is 3030 g/mol. The summed E-state index contributed by atoms with van der Waals surface area (Å²) in [6.45, 7) is 20.8. The predicted molar refractivity (Wildman–Crippen MR) is 528 cm³/mol. The Balaban J connectivity index is 0.000000359. The molecule has 8 bridgehead atoms. The number of aliphatic hydroxyl groups is 1. The number of nitrogens with zero attached hydrogens (tertiary/aromatic N) is 11. The molecule has 0 saturated heterocycles. The van der Waals surface area contributed by atoms with Crippen molar-refractivity contribution in [3.05, 3.63) is 437 Å². The van der Waals surface area contributed by atoms with Crippen molar-refractivity contribution in [1.29, 1.82) is 0 Å². The monoisotopic (exact) mass is 3030 g/mol. The van der Waals surface area contributed by atoms with E-state index in [9.17, 15) is 49.5 Å². The Bertz CT molecular complexity index is 6560. The number of aromatic carboxylic acids is 2. The number of aliphatic hydroxyl groups excluding tert-OH is 1. The van der Waals surface area contributed by atoms with Crippen LogP contribution in [0.2, 0.25) is 0 Å². The Kier molecular flexibility index (Phi) is 55.5. The SMILES string of the molecule is CC(=O)C=C(C)O.CCC1=C(CC)c2cc3[n-]c(cc4nc(cc5[n-]c(cc1n2)c(CC)c5CC)C(CC)=C4CC)c(CC)c3CC.Fc1c[c-]c(-c2ccccn2)c(F)c1.Fc1c[c-]c(-c2ccccn2)c(F)c1.Fc1c[c-]c(-c2ccccn2)c(F)c1.Fc1ccc(-c2cc(F)c[c-]c2-c2ccccn2)cc1.O=C(O)c1ccccn1.O=C(O)c1ccccn1.[Ir].[Ir].[Ir].[Pt+2].[Pt].[Pt].[c-]1ccccc1-c1ccccn1. The van der Waals surface area contributed by atoms with Crippen LogP contribution in [0.4, 0.5) is 35.1 Å². The van der Waals surface area contributed by atoms with Crippen molar-refractivity contribution in [2.24, 2.45) is 0 Å². The summed E-state index contributed by atoms with van der Waals surface area (Å²) < 4.78 is 104. The van der Waals surface area contributed by atoms with E-state index in [1.165, 1.54) is 113 Å². The fourth-order valence-corrected chi connectivity index (χ4v) is 14.8. The molecule has 16 aromatic rings. The quantitative estimate of drug-likeness (QED) is 0.0331. The van der Waals surface area contributed by atoms with Crippen molar-refractivity contribution < 1.29 is 188 Å². The summed E-state index contributed by atoms with van der Waals surface area (Å²) in [5.41, 5.74) is 26.0. The third kappa shape index (κ3) is 36.6. The molecule has 145 heavy (non-hydrogen) atoms. The molecule has 0 atom stereocenters. The third-order valence-corrected chi connectivity index (χ3v) is 21.0. The number of pyridine rings is 7. The minimum absolute atomic E-state index is 0. The first-order valence-corrected chi connectivity index (χ1v) is 44.6. The molecule has 0 aliphatic carbocycles. The Hall–Kier alpha value is -12.4. The number of halogens is 8. The molecule has 0 amide bonds. The molecule has 0 spiro atoms. The molecule has 18 rings (SSSR count). The fraction of sp³-hybridized carbons (Fsp3) is 0.158. The summed E-state index contributed by atoms with van der Waals surface area (Å²) in [5, 5.41) is 25.0. The van der Waals surface area contributed by atoms with E-state index < -0.39 is 46.8 Å². The van der Waals surface area contributed by atoms with E-state index in [1.807, 2.05) is 60.7 Å². The van der Waals surface area contributed by atoms with Crippen LogP contribution in [0.1, 0.15) is 161 Å². The number of fused-ring (bicyclic) bond motifs is 8. The second-order valence-electron chi connectivity index (χ2n) is 30.3. The van der Waals surface area contributed by atoms with Crippen LogP contribution in [-0.4, -0.2) is 77.9 Å².